The number of nitrogens with one attached hydrogen (secondary N) is 1. The van der Waals surface area contributed by atoms with Crippen molar-refractivity contribution in [2.45, 2.75) is 62.4 Å². The van der Waals surface area contributed by atoms with Crippen molar-refractivity contribution in [3.05, 3.63) is 51.6 Å². The van der Waals surface area contributed by atoms with E-state index in [1.165, 1.54) is 32.4 Å². The average Bonchev–Trinajstić information content (AvgIpc) is 2.94. The second-order valence-corrected chi connectivity index (χ2v) is 10.5. The number of phenolic OH excluding ortho intramolecular Hbond substituents is 2. The number of hydrogen-bond donors (Lipinski definition) is 7. The fraction of sp³-hybridized carbons (Fsp3) is 0.464. The van der Waals surface area contributed by atoms with Crippen LogP contribution in [0.1, 0.15) is 68.8 Å². The number of carbonyl (C=O) groups is 2. The van der Waals surface area contributed by atoms with Crippen molar-refractivity contribution in [3.63, 3.8) is 0 Å². The Bertz CT molecular complexity index is 1430. The van der Waals surface area contributed by atoms with Crippen LogP contribution >= 0.6 is 0 Å². The number of fused-ring (bicyclic) bond motifs is 3. The minimum atomic E-state index is -1.90. The number of rotatable bonds is 6. The van der Waals surface area contributed by atoms with Gasteiger partial charge >= 0.3 is 0 Å². The van der Waals surface area contributed by atoms with Gasteiger partial charge in [0.2, 0.25) is 5.78 Å². The third-order valence-corrected chi connectivity index (χ3v) is 8.08. The van der Waals surface area contributed by atoms with Gasteiger partial charge in [0.15, 0.2) is 12.1 Å². The molecule has 2 aromatic rings. The summed E-state index contributed by atoms with van der Waals surface area (Å²) in [4.78, 5) is 27.4. The molecule has 2 aromatic carbocycles. The van der Waals surface area contributed by atoms with Crippen LogP contribution in [0.4, 0.5) is 0 Å². The molecule has 8 N–H and O–H groups in total. The number of ketones is 2. The van der Waals surface area contributed by atoms with E-state index in [1.54, 1.807) is 6.92 Å². The van der Waals surface area contributed by atoms with Crippen molar-refractivity contribution in [1.82, 2.24) is 5.43 Å². The van der Waals surface area contributed by atoms with Gasteiger partial charge < -0.3 is 50.9 Å². The first-order valence-corrected chi connectivity index (χ1v) is 13.2. The van der Waals surface area contributed by atoms with Crippen LogP contribution in [0, 0.1) is 0 Å². The summed E-state index contributed by atoms with van der Waals surface area (Å²) in [6, 6.07) is 3.76. The Morgan fingerprint density at radius 3 is 2.54 bits per heavy atom. The van der Waals surface area contributed by atoms with E-state index in [1.807, 2.05) is 0 Å². The Kier molecular flexibility index (Phi) is 7.53. The van der Waals surface area contributed by atoms with Gasteiger partial charge in [-0.3, -0.25) is 9.59 Å². The van der Waals surface area contributed by atoms with Crippen molar-refractivity contribution < 1.29 is 49.3 Å². The summed E-state index contributed by atoms with van der Waals surface area (Å²) < 4.78 is 17.3. The van der Waals surface area contributed by atoms with Crippen LogP contribution in [0.3, 0.4) is 0 Å². The molecular formula is C28H33N3O10. The quantitative estimate of drug-likeness (QED) is 0.118. The van der Waals surface area contributed by atoms with Crippen molar-refractivity contribution >= 4 is 17.3 Å². The maximum atomic E-state index is 13.8. The highest BCUT2D eigenvalue weighted by Gasteiger charge is 2.49. The third kappa shape index (κ3) is 4.54. The first-order valence-electron chi connectivity index (χ1n) is 13.2. The van der Waals surface area contributed by atoms with Gasteiger partial charge in [-0.25, -0.2) is 0 Å². The van der Waals surface area contributed by atoms with E-state index in [4.69, 9.17) is 19.9 Å². The number of nitrogens with zero attached hydrogens (tertiary/aromatic N) is 1. The Morgan fingerprint density at radius 2 is 1.90 bits per heavy atom. The molecule has 2 aliphatic carbocycles. The van der Waals surface area contributed by atoms with E-state index in [2.05, 4.69) is 10.5 Å². The van der Waals surface area contributed by atoms with Gasteiger partial charge in [0, 0.05) is 49.0 Å². The molecule has 1 heterocycles. The molecule has 0 radical (unpaired) electrons. The lowest BCUT2D eigenvalue weighted by molar-refractivity contribution is -0.245. The van der Waals surface area contributed by atoms with Gasteiger partial charge in [-0.2, -0.15) is 5.10 Å². The predicted molar refractivity (Wildman–Crippen MR) is 143 cm³/mol. The number of carbonyl (C=O) groups excluding carboxylic acids is 2. The molecule has 4 unspecified atom stereocenters. The number of benzene rings is 2. The molecule has 3 aliphatic rings. The fourth-order valence-electron chi connectivity index (χ4n) is 6.03. The van der Waals surface area contributed by atoms with E-state index in [0.717, 1.165) is 0 Å². The third-order valence-electron chi connectivity index (χ3n) is 8.08. The van der Waals surface area contributed by atoms with Crippen LogP contribution in [0.5, 0.6) is 17.2 Å². The van der Waals surface area contributed by atoms with E-state index in [-0.39, 0.29) is 53.0 Å². The van der Waals surface area contributed by atoms with Crippen LogP contribution in [-0.4, -0.2) is 93.7 Å². The monoisotopic (exact) mass is 571 g/mol. The van der Waals surface area contributed by atoms with Crippen molar-refractivity contribution in [2.75, 3.05) is 20.8 Å². The number of ether oxygens (including phenoxy) is 3. The second-order valence-electron chi connectivity index (χ2n) is 10.5. The van der Waals surface area contributed by atoms with Gasteiger partial charge in [-0.15, -0.1) is 0 Å². The van der Waals surface area contributed by atoms with Crippen LogP contribution in [0.15, 0.2) is 23.3 Å². The van der Waals surface area contributed by atoms with Crippen molar-refractivity contribution in [3.8, 4) is 17.2 Å². The molecule has 5 rings (SSSR count). The summed E-state index contributed by atoms with van der Waals surface area (Å²) >= 11 is 0. The maximum absolute atomic E-state index is 13.8. The maximum Gasteiger partial charge on any atom is 0.202 e. The van der Waals surface area contributed by atoms with Gasteiger partial charge in [-0.1, -0.05) is 12.1 Å². The van der Waals surface area contributed by atoms with E-state index in [9.17, 15) is 35.1 Å². The molecule has 0 aromatic heterocycles. The Hall–Kier alpha value is -3.59. The number of aromatic hydroxyl groups is 2. The highest BCUT2D eigenvalue weighted by Crippen LogP contribution is 2.52. The number of hydrogen-bond acceptors (Lipinski definition) is 13. The van der Waals surface area contributed by atoms with Crippen LogP contribution in [-0.2, 0) is 15.9 Å². The number of methoxy groups -OCH3 is 1. The molecule has 1 saturated heterocycles. The molecule has 0 amide bonds. The second kappa shape index (κ2) is 10.7. The average molecular weight is 572 g/mol. The Labute approximate surface area is 235 Å². The molecule has 41 heavy (non-hydrogen) atoms. The summed E-state index contributed by atoms with van der Waals surface area (Å²) in [5, 5.41) is 59.1. The standard InChI is InChI=1S/C28H33N3O10/c1-11-23(33)14(29)7-18(40-11)41-16-9-28(38,17(10-32)31-30-2)8-13-20(16)27(37)22-21(25(13)35)24(34)12-5-4-6-15(39-3)19(12)26(22)36/h4-6,11,14,16,18,23,30,32-33,35,37-38H,7-10,29H2,1-3H3/b31-17+/t11?,14?,16-,18?,23?,28-/m0/s1. The van der Waals surface area contributed by atoms with Gasteiger partial charge in [-0.05, 0) is 13.0 Å². The van der Waals surface area contributed by atoms with Gasteiger partial charge in [0.05, 0.1) is 54.4 Å². The zero-order chi connectivity index (χ0) is 29.8. The molecular weight excluding hydrogens is 538 g/mol. The van der Waals surface area contributed by atoms with E-state index in [0.29, 0.717) is 0 Å². The van der Waals surface area contributed by atoms with Crippen LogP contribution in [0.25, 0.3) is 0 Å². The summed E-state index contributed by atoms with van der Waals surface area (Å²) in [7, 11) is 2.82. The first-order chi connectivity index (χ1) is 19.5. The summed E-state index contributed by atoms with van der Waals surface area (Å²) in [5.74, 6) is -2.54. The van der Waals surface area contributed by atoms with Crippen LogP contribution in [0.2, 0.25) is 0 Å². The fourth-order valence-corrected chi connectivity index (χ4v) is 6.03. The van der Waals surface area contributed by atoms with Crippen molar-refractivity contribution in [1.29, 1.82) is 0 Å². The summed E-state index contributed by atoms with van der Waals surface area (Å²) in [5.41, 5.74) is 5.62. The SMILES string of the molecule is CN/N=C(\CO)[C@]1(O)Cc2c(O)c3c(c(O)c2[C@@H](OC2CC(N)C(O)C(C)O2)C1)C(=O)c1c(OC)cccc1C3=O. The zero-order valence-corrected chi connectivity index (χ0v) is 22.7. The van der Waals surface area contributed by atoms with E-state index >= 15 is 0 Å². The number of aliphatic hydroxyl groups excluding tert-OH is 2. The van der Waals surface area contributed by atoms with Crippen molar-refractivity contribution in [2.24, 2.45) is 10.8 Å². The number of phenols is 2. The molecule has 0 spiro atoms. The topological polar surface area (TPSA) is 213 Å². The largest absolute Gasteiger partial charge is 0.507 e. The Balaban J connectivity index is 1.70. The van der Waals surface area contributed by atoms with E-state index < -0.39 is 77.0 Å². The molecule has 0 bridgehead atoms. The number of hydrazone groups is 1. The zero-order valence-electron chi connectivity index (χ0n) is 22.7. The lowest BCUT2D eigenvalue weighted by Crippen LogP contribution is -2.53. The molecule has 1 fully saturated rings. The van der Waals surface area contributed by atoms with Gasteiger partial charge in [0.25, 0.3) is 0 Å². The normalized spacial score (nSPS) is 29.4. The first kappa shape index (κ1) is 28.9. The molecule has 220 valence electrons. The summed E-state index contributed by atoms with van der Waals surface area (Å²) in [6.07, 6.45) is -4.46. The molecule has 1 aliphatic heterocycles. The molecule has 0 saturated carbocycles. The Morgan fingerprint density at radius 1 is 1.20 bits per heavy atom. The lowest BCUT2D eigenvalue weighted by Gasteiger charge is -2.43. The minimum absolute atomic E-state index is 0.0136. The lowest BCUT2D eigenvalue weighted by atomic mass is 9.71. The molecule has 13 nitrogen and oxygen atoms in total. The molecule has 13 heteroatoms. The number of aliphatic hydroxyl groups is 3. The predicted octanol–water partition coefficient (Wildman–Crippen LogP) is 0.00760. The number of nitrogens with two attached hydrogens (primary N) is 1. The van der Waals surface area contributed by atoms with Gasteiger partial charge in [0.1, 0.15) is 22.8 Å². The summed E-state index contributed by atoms with van der Waals surface area (Å²) in [6.45, 7) is 0.957. The highest BCUT2D eigenvalue weighted by atomic mass is 16.7. The smallest absolute Gasteiger partial charge is 0.202 e. The van der Waals surface area contributed by atoms with Crippen LogP contribution < -0.4 is 15.9 Å². The molecule has 6 atom stereocenters. The minimum Gasteiger partial charge on any atom is -0.507 e. The highest BCUT2D eigenvalue weighted by molar-refractivity contribution is 6.31.